The summed E-state index contributed by atoms with van der Waals surface area (Å²) >= 11 is 0. The molecular weight excluding hydrogens is 458 g/mol. The topological polar surface area (TPSA) is 110 Å². The lowest BCUT2D eigenvalue weighted by Gasteiger charge is -2.20. The normalized spacial score (nSPS) is 11.9. The van der Waals surface area contributed by atoms with Gasteiger partial charge in [-0.3, -0.25) is 9.59 Å². The molecule has 1 heterocycles. The first kappa shape index (κ1) is 26.4. The first-order chi connectivity index (χ1) is 17.3. The molecule has 36 heavy (non-hydrogen) atoms. The smallest absolute Gasteiger partial charge is 0.338 e. The number of carbonyl (C=O) groups is 3. The van der Waals surface area contributed by atoms with E-state index in [0.717, 1.165) is 12.0 Å². The number of ether oxygens (including phenoxy) is 1. The van der Waals surface area contributed by atoms with E-state index < -0.39 is 17.9 Å². The number of hydrogen-bond donors (Lipinski definition) is 2. The number of hydrogen-bond acceptors (Lipinski definition) is 6. The Kier molecular flexibility index (Phi) is 9.16. The highest BCUT2D eigenvalue weighted by atomic mass is 16.5. The largest absolute Gasteiger partial charge is 0.462 e. The predicted molar refractivity (Wildman–Crippen MR) is 138 cm³/mol. The van der Waals surface area contributed by atoms with Crippen molar-refractivity contribution in [2.75, 3.05) is 6.61 Å². The van der Waals surface area contributed by atoms with E-state index in [1.807, 2.05) is 39.8 Å². The molecule has 1 aromatic heterocycles. The maximum absolute atomic E-state index is 12.7. The maximum atomic E-state index is 12.7. The SMILES string of the molecule is CCCOC(=O)c1ccccc1-c1ccc(C=NNC(=O)C(NC(=O)c2ccc(C)cc2)C(C)C)o1. The van der Waals surface area contributed by atoms with Gasteiger partial charge in [0.05, 0.1) is 18.4 Å². The molecule has 3 rings (SSSR count). The summed E-state index contributed by atoms with van der Waals surface area (Å²) in [5, 5.41) is 6.75. The van der Waals surface area contributed by atoms with Crippen molar-refractivity contribution in [3.05, 3.63) is 83.1 Å². The number of furan rings is 1. The molecule has 2 amide bonds. The van der Waals surface area contributed by atoms with Gasteiger partial charge in [0.2, 0.25) is 0 Å². The molecule has 188 valence electrons. The van der Waals surface area contributed by atoms with Crippen molar-refractivity contribution in [2.24, 2.45) is 11.0 Å². The van der Waals surface area contributed by atoms with Crippen LogP contribution in [0.1, 0.15) is 59.2 Å². The molecule has 2 aromatic carbocycles. The standard InChI is InChI=1S/C28H31N3O5/c1-5-16-35-28(34)23-9-7-6-8-22(23)24-15-14-21(36-24)17-29-31-27(33)25(18(2)3)30-26(32)20-12-10-19(4)11-13-20/h6-15,17-18,25H,5,16H2,1-4H3,(H,30,32)(H,31,33). The number of carbonyl (C=O) groups excluding carboxylic acids is 3. The molecule has 0 bridgehead atoms. The molecule has 3 aromatic rings. The summed E-state index contributed by atoms with van der Waals surface area (Å²) < 4.78 is 11.1. The van der Waals surface area contributed by atoms with E-state index in [0.29, 0.717) is 34.8 Å². The summed E-state index contributed by atoms with van der Waals surface area (Å²) in [6.07, 6.45) is 2.09. The zero-order valence-electron chi connectivity index (χ0n) is 20.9. The Morgan fingerprint density at radius 2 is 1.75 bits per heavy atom. The molecule has 8 nitrogen and oxygen atoms in total. The van der Waals surface area contributed by atoms with Crippen LogP contribution in [0.4, 0.5) is 0 Å². The molecule has 0 aliphatic rings. The molecule has 1 atom stereocenters. The fourth-order valence-corrected chi connectivity index (χ4v) is 3.41. The first-order valence-corrected chi connectivity index (χ1v) is 11.9. The van der Waals surface area contributed by atoms with Gasteiger partial charge < -0.3 is 14.5 Å². The zero-order valence-corrected chi connectivity index (χ0v) is 20.9. The number of nitrogens with zero attached hydrogens (tertiary/aromatic N) is 1. The van der Waals surface area contributed by atoms with Gasteiger partial charge in [0.15, 0.2) is 0 Å². The molecule has 0 spiro atoms. The highest BCUT2D eigenvalue weighted by Crippen LogP contribution is 2.26. The summed E-state index contributed by atoms with van der Waals surface area (Å²) in [5.41, 5.74) is 4.98. The monoisotopic (exact) mass is 489 g/mol. The Balaban J connectivity index is 1.65. The van der Waals surface area contributed by atoms with Crippen molar-refractivity contribution < 1.29 is 23.5 Å². The van der Waals surface area contributed by atoms with E-state index in [2.05, 4.69) is 15.8 Å². The van der Waals surface area contributed by atoms with Gasteiger partial charge in [0.1, 0.15) is 17.6 Å². The molecule has 0 saturated carbocycles. The maximum Gasteiger partial charge on any atom is 0.338 e. The number of nitrogens with one attached hydrogen (secondary N) is 2. The first-order valence-electron chi connectivity index (χ1n) is 11.9. The van der Waals surface area contributed by atoms with Crippen LogP contribution in [-0.2, 0) is 9.53 Å². The van der Waals surface area contributed by atoms with Gasteiger partial charge in [-0.1, -0.05) is 56.7 Å². The van der Waals surface area contributed by atoms with Crippen LogP contribution in [0, 0.1) is 12.8 Å². The van der Waals surface area contributed by atoms with Crippen LogP contribution in [0.2, 0.25) is 0 Å². The molecule has 0 saturated heterocycles. The van der Waals surface area contributed by atoms with E-state index in [1.165, 1.54) is 6.21 Å². The van der Waals surface area contributed by atoms with E-state index in [9.17, 15) is 14.4 Å². The second-order valence-corrected chi connectivity index (χ2v) is 8.68. The second-order valence-electron chi connectivity index (χ2n) is 8.68. The van der Waals surface area contributed by atoms with Crippen LogP contribution in [0.15, 0.2) is 70.2 Å². The minimum absolute atomic E-state index is 0.159. The van der Waals surface area contributed by atoms with Crippen LogP contribution >= 0.6 is 0 Å². The highest BCUT2D eigenvalue weighted by molar-refractivity contribution is 5.98. The zero-order chi connectivity index (χ0) is 26.1. The lowest BCUT2D eigenvalue weighted by molar-refractivity contribution is -0.123. The van der Waals surface area contributed by atoms with E-state index >= 15 is 0 Å². The fraction of sp³-hybridized carbons (Fsp3) is 0.286. The number of benzene rings is 2. The molecule has 1 unspecified atom stereocenters. The third-order valence-electron chi connectivity index (χ3n) is 5.39. The van der Waals surface area contributed by atoms with Gasteiger partial charge in [-0.25, -0.2) is 10.2 Å². The highest BCUT2D eigenvalue weighted by Gasteiger charge is 2.24. The lowest BCUT2D eigenvalue weighted by atomic mass is 10.0. The third-order valence-corrected chi connectivity index (χ3v) is 5.39. The van der Waals surface area contributed by atoms with E-state index in [4.69, 9.17) is 9.15 Å². The number of amides is 2. The summed E-state index contributed by atoms with van der Waals surface area (Å²) in [6.45, 7) is 7.88. The minimum Gasteiger partial charge on any atom is -0.462 e. The Hall–Kier alpha value is -4.20. The fourth-order valence-electron chi connectivity index (χ4n) is 3.41. The molecule has 0 aliphatic heterocycles. The van der Waals surface area contributed by atoms with Gasteiger partial charge in [0.25, 0.3) is 11.8 Å². The van der Waals surface area contributed by atoms with Crippen molar-refractivity contribution >= 4 is 24.0 Å². The summed E-state index contributed by atoms with van der Waals surface area (Å²) in [7, 11) is 0. The van der Waals surface area contributed by atoms with Crippen LogP contribution in [-0.4, -0.2) is 36.6 Å². The Bertz CT molecular complexity index is 1230. The quantitative estimate of drug-likeness (QED) is 0.243. The van der Waals surface area contributed by atoms with Crippen molar-refractivity contribution in [2.45, 2.75) is 40.2 Å². The Labute approximate surface area is 210 Å². The third kappa shape index (κ3) is 6.91. The molecule has 2 N–H and O–H groups in total. The van der Waals surface area contributed by atoms with Crippen LogP contribution in [0.3, 0.4) is 0 Å². The Morgan fingerprint density at radius 1 is 1.03 bits per heavy atom. The van der Waals surface area contributed by atoms with Gasteiger partial charge in [-0.2, -0.15) is 5.10 Å². The molecule has 8 heteroatoms. The summed E-state index contributed by atoms with van der Waals surface area (Å²) in [5.74, 6) is -0.506. The van der Waals surface area contributed by atoms with Crippen molar-refractivity contribution in [3.8, 4) is 11.3 Å². The van der Waals surface area contributed by atoms with E-state index in [1.54, 1.807) is 48.5 Å². The van der Waals surface area contributed by atoms with Gasteiger partial charge in [-0.15, -0.1) is 0 Å². The average Bonchev–Trinajstić information content (AvgIpc) is 3.34. The number of hydrazone groups is 1. The Morgan fingerprint density at radius 3 is 2.44 bits per heavy atom. The molecular formula is C28H31N3O5. The van der Waals surface area contributed by atoms with Crippen molar-refractivity contribution in [1.29, 1.82) is 0 Å². The molecule has 0 fully saturated rings. The predicted octanol–water partition coefficient (Wildman–Crippen LogP) is 4.73. The van der Waals surface area contributed by atoms with Gasteiger partial charge in [0, 0.05) is 11.1 Å². The molecule has 0 aliphatic carbocycles. The van der Waals surface area contributed by atoms with Crippen molar-refractivity contribution in [1.82, 2.24) is 10.7 Å². The van der Waals surface area contributed by atoms with Gasteiger partial charge >= 0.3 is 5.97 Å². The van der Waals surface area contributed by atoms with Crippen LogP contribution < -0.4 is 10.7 Å². The second kappa shape index (κ2) is 12.5. The number of esters is 1. The van der Waals surface area contributed by atoms with Gasteiger partial charge in [-0.05, 0) is 49.6 Å². The van der Waals surface area contributed by atoms with Crippen LogP contribution in [0.25, 0.3) is 11.3 Å². The van der Waals surface area contributed by atoms with Crippen molar-refractivity contribution in [3.63, 3.8) is 0 Å². The summed E-state index contributed by atoms with van der Waals surface area (Å²) in [6, 6.07) is 16.8. The lowest BCUT2D eigenvalue weighted by Crippen LogP contribution is -2.48. The van der Waals surface area contributed by atoms with E-state index in [-0.39, 0.29) is 11.8 Å². The summed E-state index contributed by atoms with van der Waals surface area (Å²) in [4.78, 5) is 37.7. The minimum atomic E-state index is -0.774. The average molecular weight is 490 g/mol. The molecule has 0 radical (unpaired) electrons. The number of aryl methyl sites for hydroxylation is 1. The van der Waals surface area contributed by atoms with Crippen LogP contribution in [0.5, 0.6) is 0 Å². The number of rotatable bonds is 10.